The molecule has 0 radical (unpaired) electrons. The minimum Gasteiger partial charge on any atom is -0.392 e. The van der Waals surface area contributed by atoms with Gasteiger partial charge in [0.25, 0.3) is 5.92 Å². The number of pyridine rings is 1. The van der Waals surface area contributed by atoms with E-state index in [0.29, 0.717) is 18.8 Å². The molecule has 2 aromatic heterocycles. The van der Waals surface area contributed by atoms with Crippen molar-refractivity contribution in [1.82, 2.24) is 19.9 Å². The van der Waals surface area contributed by atoms with Crippen LogP contribution in [-0.2, 0) is 11.0 Å². The summed E-state index contributed by atoms with van der Waals surface area (Å²) in [5.41, 5.74) is 0.758. The highest BCUT2D eigenvalue weighted by Gasteiger charge is 2.45. The van der Waals surface area contributed by atoms with Gasteiger partial charge in [-0.25, -0.2) is 18.7 Å². The van der Waals surface area contributed by atoms with E-state index in [2.05, 4.69) is 30.3 Å². The molecule has 0 aromatic carbocycles. The maximum absolute atomic E-state index is 13.5. The van der Waals surface area contributed by atoms with Gasteiger partial charge in [0.05, 0.1) is 30.1 Å². The summed E-state index contributed by atoms with van der Waals surface area (Å²) in [6.07, 6.45) is -1.84. The fraction of sp³-hybridized carbons (Fsp3) is 0.545. The van der Waals surface area contributed by atoms with Crippen molar-refractivity contribution < 1.29 is 26.8 Å². The molecule has 5 rings (SSSR count). The summed E-state index contributed by atoms with van der Waals surface area (Å²) in [6.45, 7) is 3.10. The molecular weight excluding hydrogens is 473 g/mol. The number of nitrogens with one attached hydrogen (secondary N) is 1. The van der Waals surface area contributed by atoms with Crippen molar-refractivity contribution in [2.45, 2.75) is 43.9 Å². The van der Waals surface area contributed by atoms with Gasteiger partial charge in [0.1, 0.15) is 17.7 Å². The molecule has 3 aliphatic rings. The van der Waals surface area contributed by atoms with Crippen molar-refractivity contribution in [3.05, 3.63) is 35.7 Å². The van der Waals surface area contributed by atoms with Crippen LogP contribution in [0.1, 0.15) is 36.9 Å². The van der Waals surface area contributed by atoms with Crippen LogP contribution in [-0.4, -0.2) is 70.3 Å². The molecule has 5 heterocycles. The highest BCUT2D eigenvalue weighted by Crippen LogP contribution is 2.35. The summed E-state index contributed by atoms with van der Waals surface area (Å²) >= 11 is 0. The lowest BCUT2D eigenvalue weighted by atomic mass is 10.0. The molecule has 3 aliphatic heterocycles. The number of halogens is 5. The lowest BCUT2D eigenvalue weighted by Gasteiger charge is -2.38. The van der Waals surface area contributed by atoms with Crippen LogP contribution < -0.4 is 10.2 Å². The third kappa shape index (κ3) is 5.44. The maximum atomic E-state index is 13.5. The summed E-state index contributed by atoms with van der Waals surface area (Å²) < 4.78 is 66.3. The lowest BCUT2D eigenvalue weighted by molar-refractivity contribution is -0.137. The van der Waals surface area contributed by atoms with Gasteiger partial charge in [-0.15, -0.1) is 0 Å². The average molecular weight is 497 g/mol. The van der Waals surface area contributed by atoms with Gasteiger partial charge in [0.15, 0.2) is 0 Å². The zero-order chi connectivity index (χ0) is 24.8. The van der Waals surface area contributed by atoms with Crippen molar-refractivity contribution >= 4 is 23.3 Å². The third-order valence-corrected chi connectivity index (χ3v) is 6.19. The van der Waals surface area contributed by atoms with Gasteiger partial charge in [-0.3, -0.25) is 4.90 Å². The van der Waals surface area contributed by atoms with E-state index in [1.54, 1.807) is 6.07 Å². The first-order chi connectivity index (χ1) is 16.5. The summed E-state index contributed by atoms with van der Waals surface area (Å²) in [6, 6.07) is 3.40. The average Bonchev–Trinajstić information content (AvgIpc) is 3.40. The molecule has 2 saturated heterocycles. The molecule has 35 heavy (non-hydrogen) atoms. The maximum Gasteiger partial charge on any atom is 0.416 e. The van der Waals surface area contributed by atoms with E-state index in [-0.39, 0.29) is 29.6 Å². The number of hydrogen-bond acceptors (Lipinski definition) is 8. The molecule has 8 nitrogen and oxygen atoms in total. The molecule has 13 heteroatoms. The van der Waals surface area contributed by atoms with E-state index >= 15 is 0 Å². The summed E-state index contributed by atoms with van der Waals surface area (Å²) in [5, 5.41) is 6.90. The number of aromatic nitrogens is 3. The van der Waals surface area contributed by atoms with Gasteiger partial charge < -0.3 is 15.1 Å². The van der Waals surface area contributed by atoms with Crippen LogP contribution in [0.3, 0.4) is 0 Å². The third-order valence-electron chi connectivity index (χ3n) is 6.19. The van der Waals surface area contributed by atoms with Crippen molar-refractivity contribution in [3.63, 3.8) is 0 Å². The summed E-state index contributed by atoms with van der Waals surface area (Å²) in [4.78, 5) is 21.6. The Kier molecular flexibility index (Phi) is 5.98. The number of oxime groups is 1. The Labute approximate surface area is 198 Å². The first-order valence-electron chi connectivity index (χ1n) is 11.3. The van der Waals surface area contributed by atoms with Crippen molar-refractivity contribution in [3.8, 4) is 0 Å². The minimum absolute atomic E-state index is 0.00824. The SMILES string of the molecule is CC1CC(CN2CCC(c3cc(Nc4cc(C(F)(F)F)ccn4)nc(N4CC(F)(F)C4)n3)C2)=NO1. The van der Waals surface area contributed by atoms with Crippen LogP contribution in [0.5, 0.6) is 0 Å². The smallest absolute Gasteiger partial charge is 0.392 e. The number of anilines is 3. The Morgan fingerprint density at radius 1 is 1.17 bits per heavy atom. The second-order valence-corrected chi connectivity index (χ2v) is 9.24. The first kappa shape index (κ1) is 23.6. The zero-order valence-electron chi connectivity index (χ0n) is 18.9. The molecule has 2 atom stereocenters. The van der Waals surface area contributed by atoms with E-state index in [0.717, 1.165) is 43.4 Å². The predicted molar refractivity (Wildman–Crippen MR) is 118 cm³/mol. The van der Waals surface area contributed by atoms with E-state index in [1.807, 2.05) is 6.92 Å². The molecule has 2 unspecified atom stereocenters. The summed E-state index contributed by atoms with van der Waals surface area (Å²) in [5.74, 6) is -2.54. The van der Waals surface area contributed by atoms with Crippen LogP contribution in [0.2, 0.25) is 0 Å². The summed E-state index contributed by atoms with van der Waals surface area (Å²) in [7, 11) is 0. The molecule has 188 valence electrons. The molecule has 0 spiro atoms. The van der Waals surface area contributed by atoms with E-state index in [1.165, 1.54) is 4.90 Å². The van der Waals surface area contributed by atoms with Gasteiger partial charge in [-0.1, -0.05) is 5.16 Å². The first-order valence-corrected chi connectivity index (χ1v) is 11.3. The Hall–Kier alpha value is -3.09. The number of hydrogen-bond donors (Lipinski definition) is 1. The Balaban J connectivity index is 1.36. The van der Waals surface area contributed by atoms with Crippen LogP contribution in [0.4, 0.5) is 39.5 Å². The van der Waals surface area contributed by atoms with Gasteiger partial charge in [-0.2, -0.15) is 18.2 Å². The topological polar surface area (TPSA) is 78.8 Å². The van der Waals surface area contributed by atoms with Crippen LogP contribution in [0, 0.1) is 0 Å². The van der Waals surface area contributed by atoms with Gasteiger partial charge in [0, 0.05) is 37.7 Å². The molecule has 0 saturated carbocycles. The van der Waals surface area contributed by atoms with Crippen LogP contribution >= 0.6 is 0 Å². The van der Waals surface area contributed by atoms with E-state index in [4.69, 9.17) is 4.84 Å². The Bertz CT molecular complexity index is 1120. The molecule has 0 amide bonds. The fourth-order valence-electron chi connectivity index (χ4n) is 4.47. The highest BCUT2D eigenvalue weighted by molar-refractivity contribution is 5.87. The zero-order valence-corrected chi connectivity index (χ0v) is 18.9. The molecule has 0 bridgehead atoms. The van der Waals surface area contributed by atoms with E-state index < -0.39 is 30.8 Å². The fourth-order valence-corrected chi connectivity index (χ4v) is 4.47. The molecule has 1 N–H and O–H groups in total. The molecular formula is C22H24F5N7O. The number of alkyl halides is 5. The van der Waals surface area contributed by atoms with Gasteiger partial charge in [-0.05, 0) is 32.0 Å². The van der Waals surface area contributed by atoms with Crippen molar-refractivity contribution in [2.24, 2.45) is 5.16 Å². The second-order valence-electron chi connectivity index (χ2n) is 9.24. The quantitative estimate of drug-likeness (QED) is 0.604. The largest absolute Gasteiger partial charge is 0.416 e. The molecule has 0 aliphatic carbocycles. The number of rotatable bonds is 6. The second kappa shape index (κ2) is 8.85. The number of nitrogens with zero attached hydrogens (tertiary/aromatic N) is 6. The standard InChI is InChI=1S/C22H24F5N7O/c1-13-6-16(32-35-13)10-33-5-3-14(9-33)17-8-19(31-20(29-17)34-11-21(23,24)12-34)30-18-7-15(2-4-28-18)22(25,26)27/h2,4,7-8,13-14H,3,5-6,9-12H2,1H3,(H,28,29,30,31). The highest BCUT2D eigenvalue weighted by atomic mass is 19.4. The molecule has 2 fully saturated rings. The van der Waals surface area contributed by atoms with Gasteiger partial charge in [0.2, 0.25) is 5.95 Å². The van der Waals surface area contributed by atoms with E-state index in [9.17, 15) is 22.0 Å². The van der Waals surface area contributed by atoms with Crippen molar-refractivity contribution in [2.75, 3.05) is 42.9 Å². The number of likely N-dealkylation sites (tertiary alicyclic amines) is 1. The van der Waals surface area contributed by atoms with Crippen molar-refractivity contribution in [1.29, 1.82) is 0 Å². The van der Waals surface area contributed by atoms with Gasteiger partial charge >= 0.3 is 6.18 Å². The monoisotopic (exact) mass is 497 g/mol. The Morgan fingerprint density at radius 2 is 1.97 bits per heavy atom. The Morgan fingerprint density at radius 3 is 2.66 bits per heavy atom. The normalized spacial score (nSPS) is 24.2. The van der Waals surface area contributed by atoms with Crippen LogP contribution in [0.15, 0.2) is 29.6 Å². The molecule has 2 aromatic rings. The van der Waals surface area contributed by atoms with Crippen LogP contribution in [0.25, 0.3) is 0 Å². The predicted octanol–water partition coefficient (Wildman–Crippen LogP) is 4.04. The minimum atomic E-state index is -4.52. The lowest BCUT2D eigenvalue weighted by Crippen LogP contribution is -2.57.